The molecule has 0 bridgehead atoms. The van der Waals surface area contributed by atoms with Crippen molar-refractivity contribution in [2.75, 3.05) is 0 Å². The van der Waals surface area contributed by atoms with Crippen LogP contribution in [0.25, 0.3) is 5.69 Å². The van der Waals surface area contributed by atoms with Crippen LogP contribution in [-0.2, 0) is 22.0 Å². The minimum Gasteiger partial charge on any atom is -0.241 e. The third-order valence-corrected chi connectivity index (χ3v) is 5.62. The van der Waals surface area contributed by atoms with Crippen molar-refractivity contribution >= 4 is 10.0 Å². The van der Waals surface area contributed by atoms with Crippen molar-refractivity contribution < 1.29 is 8.42 Å². The normalized spacial score (nSPS) is 12.3. The van der Waals surface area contributed by atoms with Gasteiger partial charge < -0.3 is 0 Å². The zero-order valence-electron chi connectivity index (χ0n) is 15.2. The minimum atomic E-state index is -3.54. The molecule has 3 aromatic rings. The van der Waals surface area contributed by atoms with Crippen molar-refractivity contribution in [3.8, 4) is 5.69 Å². The van der Waals surface area contributed by atoms with E-state index in [9.17, 15) is 8.42 Å². The molecule has 0 fully saturated rings. The lowest BCUT2D eigenvalue weighted by molar-refractivity contribution is 0.578. The largest absolute Gasteiger partial charge is 0.241 e. The summed E-state index contributed by atoms with van der Waals surface area (Å²) in [6, 6.07) is 16.5. The van der Waals surface area contributed by atoms with Crippen LogP contribution >= 0.6 is 0 Å². The Morgan fingerprint density at radius 3 is 2.19 bits per heavy atom. The van der Waals surface area contributed by atoms with Crippen LogP contribution in [0.3, 0.4) is 0 Å². The molecule has 0 aliphatic rings. The Balaban J connectivity index is 1.68. The van der Waals surface area contributed by atoms with Crippen molar-refractivity contribution in [2.45, 2.75) is 37.6 Å². The minimum absolute atomic E-state index is 0.00789. The number of sulfonamides is 1. The van der Waals surface area contributed by atoms with Gasteiger partial charge in [-0.3, -0.25) is 0 Å². The number of benzene rings is 2. The fourth-order valence-corrected chi connectivity index (χ4v) is 3.60. The molecule has 0 saturated heterocycles. The van der Waals surface area contributed by atoms with Crippen molar-refractivity contribution in [1.82, 2.24) is 14.5 Å². The van der Waals surface area contributed by atoms with Crippen LogP contribution in [0.15, 0.2) is 71.9 Å². The van der Waals surface area contributed by atoms with Gasteiger partial charge in [0.25, 0.3) is 0 Å². The first-order valence-electron chi connectivity index (χ1n) is 8.45. The quantitative estimate of drug-likeness (QED) is 0.747. The first kappa shape index (κ1) is 18.4. The van der Waals surface area contributed by atoms with E-state index in [1.807, 2.05) is 48.7 Å². The Kier molecular flexibility index (Phi) is 4.98. The van der Waals surface area contributed by atoms with E-state index in [0.717, 1.165) is 16.8 Å². The van der Waals surface area contributed by atoms with E-state index in [2.05, 4.69) is 30.6 Å². The molecule has 0 atom stereocenters. The summed E-state index contributed by atoms with van der Waals surface area (Å²) in [5.41, 5.74) is 2.91. The lowest BCUT2D eigenvalue weighted by atomic mass is 9.87. The van der Waals surface area contributed by atoms with Crippen molar-refractivity contribution in [2.24, 2.45) is 0 Å². The lowest BCUT2D eigenvalue weighted by Crippen LogP contribution is -2.23. The molecular formula is C20H23N3O2S. The summed E-state index contributed by atoms with van der Waals surface area (Å²) in [6.07, 6.45) is 3.58. The second-order valence-corrected chi connectivity index (χ2v) is 8.98. The average Bonchev–Trinajstić information content (AvgIpc) is 3.14. The second-order valence-electron chi connectivity index (χ2n) is 7.22. The van der Waals surface area contributed by atoms with Crippen molar-refractivity contribution in [3.63, 3.8) is 0 Å². The summed E-state index contributed by atoms with van der Waals surface area (Å²) >= 11 is 0. The molecule has 0 radical (unpaired) electrons. The third kappa shape index (κ3) is 4.20. The van der Waals surface area contributed by atoms with Crippen LogP contribution in [0.4, 0.5) is 0 Å². The number of rotatable bonds is 5. The van der Waals surface area contributed by atoms with Crippen LogP contribution < -0.4 is 4.72 Å². The molecule has 5 nitrogen and oxygen atoms in total. The second kappa shape index (κ2) is 7.05. The van der Waals surface area contributed by atoms with Gasteiger partial charge in [-0.1, -0.05) is 45.0 Å². The van der Waals surface area contributed by atoms with E-state index >= 15 is 0 Å². The molecule has 0 aliphatic heterocycles. The first-order chi connectivity index (χ1) is 12.3. The van der Waals surface area contributed by atoms with Gasteiger partial charge in [-0.05, 0) is 46.9 Å². The lowest BCUT2D eigenvalue weighted by Gasteiger charge is -2.19. The molecule has 6 heteroatoms. The number of hydrogen-bond donors (Lipinski definition) is 1. The van der Waals surface area contributed by atoms with Gasteiger partial charge >= 0.3 is 0 Å². The van der Waals surface area contributed by atoms with Gasteiger partial charge in [0.15, 0.2) is 0 Å². The zero-order valence-corrected chi connectivity index (χ0v) is 16.0. The van der Waals surface area contributed by atoms with E-state index < -0.39 is 10.0 Å². The summed E-state index contributed by atoms with van der Waals surface area (Å²) in [6.45, 7) is 6.54. The molecule has 0 saturated carbocycles. The third-order valence-electron chi connectivity index (χ3n) is 4.20. The number of aromatic nitrogens is 2. The summed E-state index contributed by atoms with van der Waals surface area (Å²) < 4.78 is 29.4. The summed E-state index contributed by atoms with van der Waals surface area (Å²) in [5, 5.41) is 4.17. The molecule has 2 aromatic carbocycles. The van der Waals surface area contributed by atoms with Gasteiger partial charge in [-0.2, -0.15) is 5.10 Å². The molecule has 0 aliphatic carbocycles. The SMILES string of the molecule is CC(C)(C)c1ccc(S(=O)(=O)NCc2ccc(-n3cccn3)cc2)cc1. The van der Waals surface area contributed by atoms with Crippen LogP contribution in [0.5, 0.6) is 0 Å². The van der Waals surface area contributed by atoms with E-state index in [0.29, 0.717) is 0 Å². The molecule has 136 valence electrons. The Morgan fingerprint density at radius 2 is 1.65 bits per heavy atom. The highest BCUT2D eigenvalue weighted by Gasteiger charge is 2.17. The van der Waals surface area contributed by atoms with Crippen LogP contribution in [0.2, 0.25) is 0 Å². The van der Waals surface area contributed by atoms with Gasteiger partial charge in [0, 0.05) is 18.9 Å². The van der Waals surface area contributed by atoms with E-state index in [1.54, 1.807) is 23.0 Å². The van der Waals surface area contributed by atoms with Gasteiger partial charge in [0.2, 0.25) is 10.0 Å². The van der Waals surface area contributed by atoms with Crippen LogP contribution in [0, 0.1) is 0 Å². The molecule has 1 aromatic heterocycles. The molecule has 0 unspecified atom stereocenters. The van der Waals surface area contributed by atoms with Gasteiger partial charge in [-0.15, -0.1) is 0 Å². The highest BCUT2D eigenvalue weighted by Crippen LogP contribution is 2.23. The maximum atomic E-state index is 12.5. The van der Waals surface area contributed by atoms with E-state index in [-0.39, 0.29) is 16.9 Å². The molecule has 1 N–H and O–H groups in total. The fourth-order valence-electron chi connectivity index (χ4n) is 2.58. The topological polar surface area (TPSA) is 64.0 Å². The average molecular weight is 369 g/mol. The molecular weight excluding hydrogens is 346 g/mol. The van der Waals surface area contributed by atoms with E-state index in [4.69, 9.17) is 0 Å². The Bertz CT molecular complexity index is 953. The summed E-state index contributed by atoms with van der Waals surface area (Å²) in [4.78, 5) is 0.277. The Hall–Kier alpha value is -2.44. The smallest absolute Gasteiger partial charge is 0.240 e. The maximum Gasteiger partial charge on any atom is 0.240 e. The standard InChI is InChI=1S/C20H23N3O2S/c1-20(2,3)17-7-11-19(12-8-17)26(24,25)22-15-16-5-9-18(10-6-16)23-14-4-13-21-23/h4-14,22H,15H2,1-3H3. The molecule has 0 spiro atoms. The highest BCUT2D eigenvalue weighted by molar-refractivity contribution is 7.89. The number of nitrogens with one attached hydrogen (secondary N) is 1. The van der Waals surface area contributed by atoms with Crippen LogP contribution in [0.1, 0.15) is 31.9 Å². The number of nitrogens with zero attached hydrogens (tertiary/aromatic N) is 2. The monoisotopic (exact) mass is 369 g/mol. The first-order valence-corrected chi connectivity index (χ1v) is 9.93. The molecule has 1 heterocycles. The van der Waals surface area contributed by atoms with Crippen molar-refractivity contribution in [3.05, 3.63) is 78.1 Å². The van der Waals surface area contributed by atoms with Gasteiger partial charge in [0.1, 0.15) is 0 Å². The Labute approximate surface area is 154 Å². The predicted octanol–water partition coefficient (Wildman–Crippen LogP) is 3.65. The van der Waals surface area contributed by atoms with Gasteiger partial charge in [0.05, 0.1) is 10.6 Å². The maximum absolute atomic E-state index is 12.5. The molecule has 26 heavy (non-hydrogen) atoms. The van der Waals surface area contributed by atoms with Crippen molar-refractivity contribution in [1.29, 1.82) is 0 Å². The molecule has 3 rings (SSSR count). The van der Waals surface area contributed by atoms with Crippen LogP contribution in [-0.4, -0.2) is 18.2 Å². The summed E-state index contributed by atoms with van der Waals surface area (Å²) in [5.74, 6) is 0. The van der Waals surface area contributed by atoms with E-state index in [1.165, 1.54) is 0 Å². The summed E-state index contributed by atoms with van der Waals surface area (Å²) in [7, 11) is -3.54. The Morgan fingerprint density at radius 1 is 1.00 bits per heavy atom. The predicted molar refractivity (Wildman–Crippen MR) is 103 cm³/mol. The molecule has 0 amide bonds. The fraction of sp³-hybridized carbons (Fsp3) is 0.250. The number of hydrogen-bond acceptors (Lipinski definition) is 3. The van der Waals surface area contributed by atoms with Gasteiger partial charge in [-0.25, -0.2) is 17.8 Å². The highest BCUT2D eigenvalue weighted by atomic mass is 32.2. The zero-order chi connectivity index (χ0) is 18.8.